The van der Waals surface area contributed by atoms with Crippen LogP contribution in [0.15, 0.2) is 12.3 Å². The molecule has 0 amide bonds. The lowest BCUT2D eigenvalue weighted by Crippen LogP contribution is -2.44. The van der Waals surface area contributed by atoms with Gasteiger partial charge in [0.15, 0.2) is 0 Å². The van der Waals surface area contributed by atoms with Gasteiger partial charge in [0.25, 0.3) is 0 Å². The fourth-order valence-electron chi connectivity index (χ4n) is 3.07. The molecule has 0 atom stereocenters. The normalized spacial score (nSPS) is 21.0. The number of rotatable bonds is 5. The van der Waals surface area contributed by atoms with Crippen LogP contribution in [0.3, 0.4) is 0 Å². The Morgan fingerprint density at radius 2 is 2.10 bits per heavy atom. The lowest BCUT2D eigenvalue weighted by Gasteiger charge is -2.30. The quantitative estimate of drug-likeness (QED) is 0.852. The van der Waals surface area contributed by atoms with Crippen LogP contribution in [-0.4, -0.2) is 42.9 Å². The standard InChI is InChI=1S/C16H25N3O/c1-2-14-9-13(10-16(12-20)3-4-16)11-18-15(14)19-7-5-17-6-8-19/h9,11,17,20H,2-8,10,12H2,1H3. The van der Waals surface area contributed by atoms with Gasteiger partial charge in [-0.15, -0.1) is 0 Å². The topological polar surface area (TPSA) is 48.4 Å². The molecule has 110 valence electrons. The average molecular weight is 275 g/mol. The molecule has 4 nitrogen and oxygen atoms in total. The van der Waals surface area contributed by atoms with E-state index in [1.54, 1.807) is 0 Å². The summed E-state index contributed by atoms with van der Waals surface area (Å²) in [7, 11) is 0. The molecule has 3 rings (SSSR count). The van der Waals surface area contributed by atoms with Crippen molar-refractivity contribution in [3.05, 3.63) is 23.4 Å². The number of nitrogens with one attached hydrogen (secondary N) is 1. The van der Waals surface area contributed by atoms with Crippen molar-refractivity contribution in [3.63, 3.8) is 0 Å². The average Bonchev–Trinajstić information content (AvgIpc) is 3.28. The van der Waals surface area contributed by atoms with Crippen molar-refractivity contribution in [2.45, 2.75) is 32.6 Å². The van der Waals surface area contributed by atoms with Gasteiger partial charge in [-0.2, -0.15) is 0 Å². The highest BCUT2D eigenvalue weighted by Gasteiger charge is 2.41. The van der Waals surface area contributed by atoms with Crippen molar-refractivity contribution >= 4 is 5.82 Å². The van der Waals surface area contributed by atoms with Crippen molar-refractivity contribution < 1.29 is 5.11 Å². The molecule has 1 saturated heterocycles. The van der Waals surface area contributed by atoms with Gasteiger partial charge in [0.05, 0.1) is 0 Å². The fraction of sp³-hybridized carbons (Fsp3) is 0.688. The molecule has 1 aromatic rings. The summed E-state index contributed by atoms with van der Waals surface area (Å²) in [4.78, 5) is 7.12. The zero-order valence-corrected chi connectivity index (χ0v) is 12.4. The van der Waals surface area contributed by atoms with Crippen molar-refractivity contribution in [2.24, 2.45) is 5.41 Å². The van der Waals surface area contributed by atoms with E-state index in [1.807, 2.05) is 6.20 Å². The zero-order valence-electron chi connectivity index (χ0n) is 12.4. The van der Waals surface area contributed by atoms with Gasteiger partial charge in [0.2, 0.25) is 0 Å². The van der Waals surface area contributed by atoms with Crippen LogP contribution in [0, 0.1) is 5.41 Å². The summed E-state index contributed by atoms with van der Waals surface area (Å²) < 4.78 is 0. The summed E-state index contributed by atoms with van der Waals surface area (Å²) in [5.41, 5.74) is 2.80. The number of hydrogen-bond acceptors (Lipinski definition) is 4. The van der Waals surface area contributed by atoms with Crippen molar-refractivity contribution in [2.75, 3.05) is 37.7 Å². The molecule has 0 unspecified atom stereocenters. The Balaban J connectivity index is 1.78. The van der Waals surface area contributed by atoms with Gasteiger partial charge in [0, 0.05) is 39.0 Å². The van der Waals surface area contributed by atoms with E-state index in [1.165, 1.54) is 11.1 Å². The highest BCUT2D eigenvalue weighted by molar-refractivity contribution is 5.49. The molecule has 0 aromatic carbocycles. The van der Waals surface area contributed by atoms with Gasteiger partial charge in [0.1, 0.15) is 5.82 Å². The number of aromatic nitrogens is 1. The van der Waals surface area contributed by atoms with Crippen LogP contribution >= 0.6 is 0 Å². The van der Waals surface area contributed by atoms with E-state index in [9.17, 15) is 5.11 Å². The van der Waals surface area contributed by atoms with E-state index in [-0.39, 0.29) is 5.41 Å². The minimum Gasteiger partial charge on any atom is -0.396 e. The molecule has 1 aromatic heterocycles. The van der Waals surface area contributed by atoms with E-state index < -0.39 is 0 Å². The number of aliphatic hydroxyl groups is 1. The third kappa shape index (κ3) is 2.81. The van der Waals surface area contributed by atoms with Gasteiger partial charge in [-0.1, -0.05) is 13.0 Å². The van der Waals surface area contributed by atoms with Crippen LogP contribution in [0.25, 0.3) is 0 Å². The molecule has 2 fully saturated rings. The Morgan fingerprint density at radius 1 is 1.35 bits per heavy atom. The van der Waals surface area contributed by atoms with E-state index in [0.29, 0.717) is 6.61 Å². The highest BCUT2D eigenvalue weighted by Crippen LogP contribution is 2.47. The van der Waals surface area contributed by atoms with E-state index >= 15 is 0 Å². The maximum Gasteiger partial charge on any atom is 0.131 e. The molecule has 1 aliphatic carbocycles. The number of nitrogens with zero attached hydrogens (tertiary/aromatic N) is 2. The molecule has 20 heavy (non-hydrogen) atoms. The van der Waals surface area contributed by atoms with Crippen molar-refractivity contribution in [1.82, 2.24) is 10.3 Å². The lowest BCUT2D eigenvalue weighted by atomic mass is 9.97. The van der Waals surface area contributed by atoms with E-state index in [2.05, 4.69) is 23.2 Å². The Hall–Kier alpha value is -1.13. The fourth-order valence-corrected chi connectivity index (χ4v) is 3.07. The Bertz CT molecular complexity index is 465. The summed E-state index contributed by atoms with van der Waals surface area (Å²) in [5.74, 6) is 1.16. The first-order valence-corrected chi connectivity index (χ1v) is 7.81. The van der Waals surface area contributed by atoms with Crippen molar-refractivity contribution in [1.29, 1.82) is 0 Å². The van der Waals surface area contributed by atoms with Crippen molar-refractivity contribution in [3.8, 4) is 0 Å². The molecule has 1 aliphatic heterocycles. The minimum absolute atomic E-state index is 0.170. The second kappa shape index (κ2) is 5.70. The Kier molecular flexibility index (Phi) is 3.94. The van der Waals surface area contributed by atoms with Crippen LogP contribution in [0.2, 0.25) is 0 Å². The maximum atomic E-state index is 9.47. The van der Waals surface area contributed by atoms with Gasteiger partial charge in [-0.05, 0) is 42.2 Å². The van der Waals surface area contributed by atoms with Crippen LogP contribution in [0.5, 0.6) is 0 Å². The molecule has 2 N–H and O–H groups in total. The molecule has 2 heterocycles. The summed E-state index contributed by atoms with van der Waals surface area (Å²) >= 11 is 0. The predicted molar refractivity (Wildman–Crippen MR) is 81.2 cm³/mol. The lowest BCUT2D eigenvalue weighted by molar-refractivity contribution is 0.211. The largest absolute Gasteiger partial charge is 0.396 e. The number of pyridine rings is 1. The predicted octanol–water partition coefficient (Wildman–Crippen LogP) is 1.37. The molecular weight excluding hydrogens is 250 g/mol. The number of aryl methyl sites for hydroxylation is 1. The first kappa shape index (κ1) is 13.8. The molecule has 0 spiro atoms. The van der Waals surface area contributed by atoms with Gasteiger partial charge in [-0.3, -0.25) is 0 Å². The number of piperazine rings is 1. The van der Waals surface area contributed by atoms with Crippen LogP contribution in [-0.2, 0) is 12.8 Å². The first-order chi connectivity index (χ1) is 9.76. The number of anilines is 1. The number of hydrogen-bond donors (Lipinski definition) is 2. The molecule has 2 aliphatic rings. The van der Waals surface area contributed by atoms with Gasteiger partial charge < -0.3 is 15.3 Å². The molecule has 0 bridgehead atoms. The first-order valence-electron chi connectivity index (χ1n) is 7.81. The summed E-state index contributed by atoms with van der Waals surface area (Å²) in [6.07, 6.45) is 6.33. The highest BCUT2D eigenvalue weighted by atomic mass is 16.3. The molecule has 4 heteroatoms. The summed E-state index contributed by atoms with van der Waals surface area (Å²) in [6, 6.07) is 2.31. The smallest absolute Gasteiger partial charge is 0.131 e. The van der Waals surface area contributed by atoms with Gasteiger partial charge >= 0.3 is 0 Å². The molecule has 1 saturated carbocycles. The van der Waals surface area contributed by atoms with E-state index in [0.717, 1.165) is 57.7 Å². The maximum absolute atomic E-state index is 9.47. The Morgan fingerprint density at radius 3 is 2.70 bits per heavy atom. The second-order valence-corrected chi connectivity index (χ2v) is 6.25. The van der Waals surface area contributed by atoms with Crippen LogP contribution in [0.1, 0.15) is 30.9 Å². The third-order valence-corrected chi connectivity index (χ3v) is 4.67. The monoisotopic (exact) mass is 275 g/mol. The SMILES string of the molecule is CCc1cc(CC2(CO)CC2)cnc1N1CCNCC1. The second-order valence-electron chi connectivity index (χ2n) is 6.25. The summed E-state index contributed by atoms with van der Waals surface area (Å²) in [5, 5.41) is 12.9. The molecular formula is C16H25N3O. The zero-order chi connectivity index (χ0) is 14.0. The third-order valence-electron chi connectivity index (χ3n) is 4.67. The number of aliphatic hydroxyl groups excluding tert-OH is 1. The summed E-state index contributed by atoms with van der Waals surface area (Å²) in [6.45, 7) is 6.68. The van der Waals surface area contributed by atoms with E-state index in [4.69, 9.17) is 4.98 Å². The minimum atomic E-state index is 0.170. The Labute approximate surface area is 121 Å². The van der Waals surface area contributed by atoms with Crippen LogP contribution in [0.4, 0.5) is 5.82 Å². The molecule has 0 radical (unpaired) electrons. The van der Waals surface area contributed by atoms with Gasteiger partial charge in [-0.25, -0.2) is 4.98 Å². The van der Waals surface area contributed by atoms with Crippen LogP contribution < -0.4 is 10.2 Å².